The number of ether oxygens (including phenoxy) is 1. The lowest BCUT2D eigenvalue weighted by atomic mass is 10.1. The lowest BCUT2D eigenvalue weighted by Crippen LogP contribution is -2.21. The van der Waals surface area contributed by atoms with Gasteiger partial charge < -0.3 is 15.4 Å². The molecule has 3 aromatic carbocycles. The second kappa shape index (κ2) is 9.39. The summed E-state index contributed by atoms with van der Waals surface area (Å²) in [5.74, 6) is -0.978. The third-order valence-corrected chi connectivity index (χ3v) is 5.05. The summed E-state index contributed by atoms with van der Waals surface area (Å²) in [6.45, 7) is 3.58. The average molecular weight is 453 g/mol. The maximum Gasteiger partial charge on any atom is 0.340 e. The molecule has 0 spiro atoms. The van der Waals surface area contributed by atoms with Crippen LogP contribution in [0.3, 0.4) is 0 Å². The van der Waals surface area contributed by atoms with Gasteiger partial charge in [0.15, 0.2) is 6.61 Å². The zero-order valence-electron chi connectivity index (χ0n) is 16.2. The Labute approximate surface area is 178 Å². The molecule has 0 aromatic heterocycles. The minimum atomic E-state index is -0.571. The Morgan fingerprint density at radius 1 is 0.897 bits per heavy atom. The van der Waals surface area contributed by atoms with Gasteiger partial charge in [0.1, 0.15) is 0 Å². The zero-order valence-corrected chi connectivity index (χ0v) is 17.7. The van der Waals surface area contributed by atoms with Crippen molar-refractivity contribution in [2.75, 3.05) is 17.2 Å². The molecule has 0 aliphatic carbocycles. The summed E-state index contributed by atoms with van der Waals surface area (Å²) in [5, 5.41) is 5.95. The van der Waals surface area contributed by atoms with E-state index in [-0.39, 0.29) is 6.61 Å². The fourth-order valence-corrected chi connectivity index (χ4v) is 3.28. The van der Waals surface area contributed by atoms with Crippen molar-refractivity contribution < 1.29 is 14.3 Å². The second-order valence-corrected chi connectivity index (χ2v) is 7.43. The van der Waals surface area contributed by atoms with Crippen molar-refractivity contribution in [1.29, 1.82) is 0 Å². The number of benzene rings is 3. The number of anilines is 3. The van der Waals surface area contributed by atoms with E-state index in [0.29, 0.717) is 16.9 Å². The highest BCUT2D eigenvalue weighted by atomic mass is 79.9. The van der Waals surface area contributed by atoms with Crippen LogP contribution in [-0.4, -0.2) is 18.5 Å². The van der Waals surface area contributed by atoms with Crippen LogP contribution >= 0.6 is 15.9 Å². The van der Waals surface area contributed by atoms with Crippen LogP contribution in [0, 0.1) is 13.8 Å². The van der Waals surface area contributed by atoms with Gasteiger partial charge in [0.2, 0.25) is 0 Å². The first-order valence-electron chi connectivity index (χ1n) is 9.09. The number of amides is 1. The van der Waals surface area contributed by atoms with Crippen molar-refractivity contribution in [2.24, 2.45) is 0 Å². The maximum absolute atomic E-state index is 12.5. The van der Waals surface area contributed by atoms with E-state index >= 15 is 0 Å². The molecular formula is C23H21BrN2O3. The van der Waals surface area contributed by atoms with Crippen molar-refractivity contribution in [3.8, 4) is 0 Å². The van der Waals surface area contributed by atoms with Crippen LogP contribution in [0.2, 0.25) is 0 Å². The molecule has 0 unspecified atom stereocenters. The number of esters is 1. The van der Waals surface area contributed by atoms with Crippen molar-refractivity contribution in [1.82, 2.24) is 0 Å². The molecule has 0 fully saturated rings. The minimum Gasteiger partial charge on any atom is -0.452 e. The van der Waals surface area contributed by atoms with Gasteiger partial charge in [-0.1, -0.05) is 30.3 Å². The molecule has 0 heterocycles. The van der Waals surface area contributed by atoms with E-state index in [1.54, 1.807) is 18.2 Å². The van der Waals surface area contributed by atoms with Gasteiger partial charge in [0.05, 0.1) is 16.9 Å². The summed E-state index contributed by atoms with van der Waals surface area (Å²) in [6.07, 6.45) is 0. The second-order valence-electron chi connectivity index (χ2n) is 6.58. The van der Waals surface area contributed by atoms with E-state index in [2.05, 4.69) is 26.6 Å². The van der Waals surface area contributed by atoms with Crippen molar-refractivity contribution in [3.63, 3.8) is 0 Å². The number of rotatable bonds is 6. The lowest BCUT2D eigenvalue weighted by Gasteiger charge is -2.13. The van der Waals surface area contributed by atoms with E-state index in [0.717, 1.165) is 21.3 Å². The fourth-order valence-electron chi connectivity index (χ4n) is 2.72. The van der Waals surface area contributed by atoms with Crippen LogP contribution in [0.1, 0.15) is 21.5 Å². The lowest BCUT2D eigenvalue weighted by molar-refractivity contribution is -0.119. The number of nitrogens with one attached hydrogen (secondary N) is 2. The summed E-state index contributed by atoms with van der Waals surface area (Å²) < 4.78 is 6.00. The number of hydrogen-bond acceptors (Lipinski definition) is 4. The van der Waals surface area contributed by atoms with Crippen molar-refractivity contribution >= 4 is 44.9 Å². The fraction of sp³-hybridized carbons (Fsp3) is 0.130. The predicted molar refractivity (Wildman–Crippen MR) is 119 cm³/mol. The largest absolute Gasteiger partial charge is 0.452 e. The highest BCUT2D eigenvalue weighted by molar-refractivity contribution is 9.10. The Morgan fingerprint density at radius 2 is 1.55 bits per heavy atom. The molecule has 0 radical (unpaired) electrons. The van der Waals surface area contributed by atoms with Gasteiger partial charge in [0, 0.05) is 10.2 Å². The van der Waals surface area contributed by atoms with Crippen LogP contribution in [0.15, 0.2) is 71.2 Å². The van der Waals surface area contributed by atoms with Crippen LogP contribution in [0.25, 0.3) is 0 Å². The first kappa shape index (κ1) is 20.6. The number of aryl methyl sites for hydroxylation is 2. The third-order valence-electron chi connectivity index (χ3n) is 4.39. The molecule has 148 valence electrons. The Balaban J connectivity index is 1.64. The SMILES string of the molecule is Cc1cc(Br)c(NC(=O)COC(=O)c2ccccc2Nc2ccccc2)cc1C. The zero-order chi connectivity index (χ0) is 20.8. The average Bonchev–Trinajstić information content (AvgIpc) is 2.71. The molecule has 0 bridgehead atoms. The number of para-hydroxylation sites is 2. The smallest absolute Gasteiger partial charge is 0.340 e. The molecule has 5 nitrogen and oxygen atoms in total. The first-order chi connectivity index (χ1) is 13.9. The molecule has 3 aromatic rings. The summed E-state index contributed by atoms with van der Waals surface area (Å²) >= 11 is 3.44. The Bertz CT molecular complexity index is 1040. The standard InChI is InChI=1S/C23H21BrN2O3/c1-15-12-19(24)21(13-16(15)2)26-22(27)14-29-23(28)18-10-6-7-11-20(18)25-17-8-4-3-5-9-17/h3-13,25H,14H2,1-2H3,(H,26,27). The quantitative estimate of drug-likeness (QED) is 0.477. The third kappa shape index (κ3) is 5.45. The topological polar surface area (TPSA) is 67.4 Å². The highest BCUT2D eigenvalue weighted by Crippen LogP contribution is 2.26. The molecule has 2 N–H and O–H groups in total. The van der Waals surface area contributed by atoms with Crippen LogP contribution < -0.4 is 10.6 Å². The predicted octanol–water partition coefficient (Wildman–Crippen LogP) is 5.61. The Hall–Kier alpha value is -3.12. The monoisotopic (exact) mass is 452 g/mol. The summed E-state index contributed by atoms with van der Waals surface area (Å²) in [6, 6.07) is 20.3. The number of carbonyl (C=O) groups is 2. The van der Waals surface area contributed by atoms with E-state index in [9.17, 15) is 9.59 Å². The maximum atomic E-state index is 12.5. The van der Waals surface area contributed by atoms with E-state index in [1.807, 2.05) is 62.4 Å². The number of hydrogen-bond donors (Lipinski definition) is 2. The van der Waals surface area contributed by atoms with Gasteiger partial charge in [-0.2, -0.15) is 0 Å². The normalized spacial score (nSPS) is 10.3. The van der Waals surface area contributed by atoms with E-state index < -0.39 is 11.9 Å². The summed E-state index contributed by atoms with van der Waals surface area (Å²) in [7, 11) is 0. The minimum absolute atomic E-state index is 0.358. The van der Waals surface area contributed by atoms with Gasteiger partial charge in [-0.15, -0.1) is 0 Å². The molecular weight excluding hydrogens is 432 g/mol. The summed E-state index contributed by atoms with van der Waals surface area (Å²) in [5.41, 5.74) is 4.63. The van der Waals surface area contributed by atoms with Crippen LogP contribution in [-0.2, 0) is 9.53 Å². The molecule has 1 amide bonds. The molecule has 29 heavy (non-hydrogen) atoms. The highest BCUT2D eigenvalue weighted by Gasteiger charge is 2.15. The van der Waals surface area contributed by atoms with E-state index in [4.69, 9.17) is 4.74 Å². The molecule has 0 atom stereocenters. The van der Waals surface area contributed by atoms with Crippen molar-refractivity contribution in [3.05, 3.63) is 87.9 Å². The van der Waals surface area contributed by atoms with Gasteiger partial charge in [-0.05, 0) is 77.3 Å². The molecule has 0 aliphatic rings. The molecule has 0 saturated carbocycles. The molecule has 0 aliphatic heterocycles. The number of halogens is 1. The van der Waals surface area contributed by atoms with Gasteiger partial charge in [-0.25, -0.2) is 4.79 Å². The van der Waals surface area contributed by atoms with Gasteiger partial charge >= 0.3 is 5.97 Å². The molecule has 0 saturated heterocycles. The van der Waals surface area contributed by atoms with E-state index in [1.165, 1.54) is 0 Å². The molecule has 6 heteroatoms. The summed E-state index contributed by atoms with van der Waals surface area (Å²) in [4.78, 5) is 24.8. The van der Waals surface area contributed by atoms with Gasteiger partial charge in [-0.3, -0.25) is 4.79 Å². The molecule has 3 rings (SSSR count). The van der Waals surface area contributed by atoms with Crippen LogP contribution in [0.5, 0.6) is 0 Å². The Morgan fingerprint density at radius 3 is 2.31 bits per heavy atom. The Kier molecular flexibility index (Phi) is 6.67. The first-order valence-corrected chi connectivity index (χ1v) is 9.88. The van der Waals surface area contributed by atoms with Gasteiger partial charge in [0.25, 0.3) is 5.91 Å². The number of carbonyl (C=O) groups excluding carboxylic acids is 2. The van der Waals surface area contributed by atoms with Crippen molar-refractivity contribution in [2.45, 2.75) is 13.8 Å². The van der Waals surface area contributed by atoms with Crippen LogP contribution in [0.4, 0.5) is 17.1 Å².